The first-order valence-electron chi connectivity index (χ1n) is 7.44. The summed E-state index contributed by atoms with van der Waals surface area (Å²) in [5, 5.41) is 3.51. The highest BCUT2D eigenvalue weighted by atomic mass is 32.2. The fourth-order valence-electron chi connectivity index (χ4n) is 3.05. The van der Waals surface area contributed by atoms with Gasteiger partial charge in [0.1, 0.15) is 6.04 Å². The largest absolute Gasteiger partial charge is 0.348 e. The highest BCUT2D eigenvalue weighted by Crippen LogP contribution is 2.49. The lowest BCUT2D eigenvalue weighted by molar-refractivity contribution is -0.124. The maximum absolute atomic E-state index is 12.3. The Morgan fingerprint density at radius 1 is 1.43 bits per heavy atom. The van der Waals surface area contributed by atoms with Crippen LogP contribution in [-0.2, 0) is 4.79 Å². The van der Waals surface area contributed by atoms with E-state index in [1.54, 1.807) is 0 Å². The zero-order valence-electron chi connectivity index (χ0n) is 12.7. The summed E-state index contributed by atoms with van der Waals surface area (Å²) in [6.45, 7) is 7.74. The van der Waals surface area contributed by atoms with E-state index < -0.39 is 6.04 Å². The second-order valence-electron chi connectivity index (χ2n) is 6.49. The van der Waals surface area contributed by atoms with Crippen molar-refractivity contribution in [2.24, 2.45) is 5.73 Å². The fourth-order valence-corrected chi connectivity index (χ4v) is 4.73. The van der Waals surface area contributed by atoms with E-state index in [4.69, 9.17) is 5.73 Å². The molecule has 0 aromatic heterocycles. The van der Waals surface area contributed by atoms with E-state index in [9.17, 15) is 4.79 Å². The predicted molar refractivity (Wildman–Crippen MR) is 86.9 cm³/mol. The van der Waals surface area contributed by atoms with Crippen LogP contribution in [0.1, 0.15) is 32.4 Å². The van der Waals surface area contributed by atoms with E-state index >= 15 is 0 Å². The van der Waals surface area contributed by atoms with Gasteiger partial charge in [-0.1, -0.05) is 30.3 Å². The Bertz CT molecular complexity index is 534. The number of thioether (sulfide) groups is 1. The van der Waals surface area contributed by atoms with E-state index in [-0.39, 0.29) is 16.7 Å². The summed E-state index contributed by atoms with van der Waals surface area (Å²) in [7, 11) is 0. The average molecular weight is 305 g/mol. The molecule has 5 heteroatoms. The number of nitrogens with one attached hydrogen (secondary N) is 1. The van der Waals surface area contributed by atoms with Crippen LogP contribution in [0.4, 0.5) is 0 Å². The molecular formula is C16H23N3OS. The van der Waals surface area contributed by atoms with Crippen molar-refractivity contribution >= 4 is 17.7 Å². The minimum Gasteiger partial charge on any atom is -0.348 e. The van der Waals surface area contributed by atoms with Gasteiger partial charge in [0.25, 0.3) is 0 Å². The first-order valence-corrected chi connectivity index (χ1v) is 8.32. The quantitative estimate of drug-likeness (QED) is 0.893. The molecule has 1 aromatic carbocycles. The van der Waals surface area contributed by atoms with Crippen LogP contribution >= 0.6 is 11.8 Å². The molecule has 4 nitrogen and oxygen atoms in total. The van der Waals surface area contributed by atoms with Gasteiger partial charge in [0.05, 0.1) is 11.4 Å². The fraction of sp³-hybridized carbons (Fsp3) is 0.562. The third-order valence-electron chi connectivity index (χ3n) is 4.78. The number of rotatable bonds is 3. The van der Waals surface area contributed by atoms with Crippen molar-refractivity contribution in [1.29, 1.82) is 0 Å². The van der Waals surface area contributed by atoms with Crippen molar-refractivity contribution < 1.29 is 4.79 Å². The highest BCUT2D eigenvalue weighted by molar-refractivity contribution is 8.01. The van der Waals surface area contributed by atoms with Crippen molar-refractivity contribution in [3.05, 3.63) is 35.9 Å². The molecule has 3 rings (SSSR count). The third kappa shape index (κ3) is 2.58. The van der Waals surface area contributed by atoms with Gasteiger partial charge in [0.15, 0.2) is 0 Å². The molecule has 1 aromatic rings. The zero-order valence-corrected chi connectivity index (χ0v) is 13.6. The topological polar surface area (TPSA) is 58.4 Å². The Morgan fingerprint density at radius 2 is 2.10 bits per heavy atom. The van der Waals surface area contributed by atoms with Gasteiger partial charge in [-0.3, -0.25) is 9.69 Å². The lowest BCUT2D eigenvalue weighted by atomic mass is 9.98. The summed E-state index contributed by atoms with van der Waals surface area (Å²) in [5.74, 6) is -0.0798. The number of nitrogens with zero attached hydrogens (tertiary/aromatic N) is 1. The van der Waals surface area contributed by atoms with E-state index in [1.807, 2.05) is 42.1 Å². The van der Waals surface area contributed by atoms with E-state index in [0.717, 1.165) is 12.1 Å². The summed E-state index contributed by atoms with van der Waals surface area (Å²) in [6, 6.07) is 9.70. The van der Waals surface area contributed by atoms with E-state index in [0.29, 0.717) is 11.4 Å². The second-order valence-corrected chi connectivity index (χ2v) is 8.26. The van der Waals surface area contributed by atoms with Crippen LogP contribution in [0.5, 0.6) is 0 Å². The lowest BCUT2D eigenvalue weighted by Crippen LogP contribution is -2.65. The summed E-state index contributed by atoms with van der Waals surface area (Å²) >= 11 is 1.95. The van der Waals surface area contributed by atoms with Crippen molar-refractivity contribution in [2.75, 3.05) is 6.54 Å². The summed E-state index contributed by atoms with van der Waals surface area (Å²) in [5.41, 5.74) is 6.91. The monoisotopic (exact) mass is 305 g/mol. The first kappa shape index (κ1) is 14.9. The van der Waals surface area contributed by atoms with Crippen LogP contribution in [0.25, 0.3) is 0 Å². The Labute approximate surface area is 130 Å². The number of hydrogen-bond acceptors (Lipinski definition) is 4. The second kappa shape index (κ2) is 5.30. The number of carbonyl (C=O) groups is 1. The van der Waals surface area contributed by atoms with Gasteiger partial charge in [0.2, 0.25) is 5.91 Å². The van der Waals surface area contributed by atoms with Crippen LogP contribution in [0, 0.1) is 0 Å². The van der Waals surface area contributed by atoms with Gasteiger partial charge in [0, 0.05) is 17.3 Å². The molecule has 0 radical (unpaired) electrons. The molecule has 2 heterocycles. The average Bonchev–Trinajstić information content (AvgIpc) is 2.65. The molecule has 114 valence electrons. The Kier molecular flexibility index (Phi) is 3.76. The number of nitrogens with two attached hydrogens (primary N) is 1. The molecule has 2 saturated heterocycles. The van der Waals surface area contributed by atoms with Gasteiger partial charge in [-0.05, 0) is 26.3 Å². The van der Waals surface area contributed by atoms with Gasteiger partial charge in [-0.15, -0.1) is 11.8 Å². The molecule has 2 aliphatic rings. The summed E-state index contributed by atoms with van der Waals surface area (Å²) < 4.78 is 0.242. The van der Waals surface area contributed by atoms with Crippen molar-refractivity contribution in [3.8, 4) is 0 Å². The molecule has 21 heavy (non-hydrogen) atoms. The van der Waals surface area contributed by atoms with Crippen molar-refractivity contribution in [3.63, 3.8) is 0 Å². The number of benzene rings is 1. The maximum Gasteiger partial charge on any atom is 0.241 e. The maximum atomic E-state index is 12.3. The molecule has 2 fully saturated rings. The Hall–Kier alpha value is -1.04. The van der Waals surface area contributed by atoms with Gasteiger partial charge < -0.3 is 11.1 Å². The Morgan fingerprint density at radius 3 is 2.71 bits per heavy atom. The molecule has 0 bridgehead atoms. The molecule has 4 unspecified atom stereocenters. The molecule has 0 aliphatic carbocycles. The normalized spacial score (nSPS) is 32.1. The third-order valence-corrected chi connectivity index (χ3v) is 6.56. The lowest BCUT2D eigenvalue weighted by Gasteiger charge is -2.45. The predicted octanol–water partition coefficient (Wildman–Crippen LogP) is 1.73. The zero-order chi connectivity index (χ0) is 15.2. The SMILES string of the molecule is CC1N2CC(NC(=O)C(N)c3ccccc3)C2SC1(C)C. The minimum atomic E-state index is -0.586. The van der Waals surface area contributed by atoms with Crippen LogP contribution in [0.2, 0.25) is 0 Å². The van der Waals surface area contributed by atoms with Crippen LogP contribution in [0.15, 0.2) is 30.3 Å². The van der Waals surface area contributed by atoms with E-state index in [1.165, 1.54) is 0 Å². The van der Waals surface area contributed by atoms with Crippen molar-refractivity contribution in [1.82, 2.24) is 10.2 Å². The molecule has 4 atom stereocenters. The number of fused-ring (bicyclic) bond motifs is 1. The first-order chi connectivity index (χ1) is 9.90. The number of carbonyl (C=O) groups excluding carboxylic acids is 1. The standard InChI is InChI=1S/C16H23N3OS/c1-10-16(2,3)21-15-12(9-19(10)15)18-14(20)13(17)11-7-5-4-6-8-11/h4-8,10,12-13,15H,9,17H2,1-3H3,(H,18,20). The summed E-state index contributed by atoms with van der Waals surface area (Å²) in [6.07, 6.45) is 0. The van der Waals surface area contributed by atoms with Gasteiger partial charge in [-0.2, -0.15) is 0 Å². The number of hydrogen-bond donors (Lipinski definition) is 2. The minimum absolute atomic E-state index is 0.0798. The Balaban J connectivity index is 1.60. The smallest absolute Gasteiger partial charge is 0.241 e. The van der Waals surface area contributed by atoms with Crippen molar-refractivity contribution in [2.45, 2.75) is 49.0 Å². The highest BCUT2D eigenvalue weighted by Gasteiger charge is 2.54. The van der Waals surface area contributed by atoms with Crippen LogP contribution < -0.4 is 11.1 Å². The molecule has 2 aliphatic heterocycles. The molecule has 0 spiro atoms. The molecular weight excluding hydrogens is 282 g/mol. The van der Waals surface area contributed by atoms with Gasteiger partial charge >= 0.3 is 0 Å². The van der Waals surface area contributed by atoms with Crippen LogP contribution in [-0.4, -0.2) is 39.6 Å². The number of amides is 1. The van der Waals surface area contributed by atoms with Crippen LogP contribution in [0.3, 0.4) is 0 Å². The molecule has 0 saturated carbocycles. The summed E-state index contributed by atoms with van der Waals surface area (Å²) in [4.78, 5) is 14.8. The molecule has 3 N–H and O–H groups in total. The van der Waals surface area contributed by atoms with E-state index in [2.05, 4.69) is 31.0 Å². The molecule has 1 amide bonds. The van der Waals surface area contributed by atoms with Gasteiger partial charge in [-0.25, -0.2) is 0 Å².